The second kappa shape index (κ2) is 6.90. The highest BCUT2D eigenvalue weighted by atomic mass is 35.5. The fourth-order valence-electron chi connectivity index (χ4n) is 1.98. The van der Waals surface area contributed by atoms with Gasteiger partial charge in [-0.2, -0.15) is 0 Å². The van der Waals surface area contributed by atoms with Gasteiger partial charge in [0.1, 0.15) is 5.01 Å². The summed E-state index contributed by atoms with van der Waals surface area (Å²) in [5, 5.41) is 7.76. The molecule has 0 aliphatic heterocycles. The van der Waals surface area contributed by atoms with E-state index in [2.05, 4.69) is 31.5 Å². The molecule has 0 saturated carbocycles. The fraction of sp³-hybridized carbons (Fsp3) is 0.400. The Balaban J connectivity index is 2.42. The topological polar surface area (TPSA) is 24.9 Å². The second-order valence-corrected chi connectivity index (χ2v) is 6.57. The summed E-state index contributed by atoms with van der Waals surface area (Å²) in [6.07, 6.45) is 0. The van der Waals surface area contributed by atoms with Gasteiger partial charge in [0.05, 0.1) is 21.8 Å². The molecule has 1 N–H and O–H groups in total. The highest BCUT2D eigenvalue weighted by Crippen LogP contribution is 2.34. The maximum Gasteiger partial charge on any atom is 0.114 e. The molecule has 0 fully saturated rings. The average Bonchev–Trinajstić information content (AvgIpc) is 2.89. The summed E-state index contributed by atoms with van der Waals surface area (Å²) in [4.78, 5) is 4.73. The van der Waals surface area contributed by atoms with E-state index in [0.717, 1.165) is 22.8 Å². The molecule has 0 spiro atoms. The SMILES string of the molecule is CCNC(c1nc(C(C)C)cs1)c1cccc(Cl)c1Cl. The third-order valence-electron chi connectivity index (χ3n) is 3.08. The van der Waals surface area contributed by atoms with Crippen molar-refractivity contribution >= 4 is 34.5 Å². The number of nitrogens with one attached hydrogen (secondary N) is 1. The fourth-order valence-corrected chi connectivity index (χ4v) is 3.46. The largest absolute Gasteiger partial charge is 0.304 e. The van der Waals surface area contributed by atoms with Crippen molar-refractivity contribution in [1.29, 1.82) is 0 Å². The Morgan fingerprint density at radius 1 is 1.30 bits per heavy atom. The molecule has 2 nitrogen and oxygen atoms in total. The number of rotatable bonds is 5. The Hall–Kier alpha value is -0.610. The Morgan fingerprint density at radius 2 is 2.05 bits per heavy atom. The van der Waals surface area contributed by atoms with E-state index < -0.39 is 0 Å². The Labute approximate surface area is 134 Å². The van der Waals surface area contributed by atoms with Gasteiger partial charge in [0.25, 0.3) is 0 Å². The average molecular weight is 329 g/mol. The van der Waals surface area contributed by atoms with Gasteiger partial charge in [0, 0.05) is 5.38 Å². The highest BCUT2D eigenvalue weighted by Gasteiger charge is 2.21. The molecular formula is C15H18Cl2N2S. The van der Waals surface area contributed by atoms with Crippen LogP contribution in [0.5, 0.6) is 0 Å². The van der Waals surface area contributed by atoms with E-state index in [-0.39, 0.29) is 6.04 Å². The second-order valence-electron chi connectivity index (χ2n) is 4.90. The minimum atomic E-state index is -0.0105. The number of hydrogen-bond donors (Lipinski definition) is 1. The summed E-state index contributed by atoms with van der Waals surface area (Å²) >= 11 is 14.1. The summed E-state index contributed by atoms with van der Waals surface area (Å²) in [7, 11) is 0. The van der Waals surface area contributed by atoms with Gasteiger partial charge in [-0.1, -0.05) is 56.1 Å². The predicted molar refractivity (Wildman–Crippen MR) is 88.2 cm³/mol. The first-order chi connectivity index (χ1) is 9.54. The normalized spacial score (nSPS) is 12.9. The number of aromatic nitrogens is 1. The number of benzene rings is 1. The lowest BCUT2D eigenvalue weighted by Gasteiger charge is -2.18. The predicted octanol–water partition coefficient (Wildman–Crippen LogP) is 5.27. The molecule has 20 heavy (non-hydrogen) atoms. The van der Waals surface area contributed by atoms with Crippen LogP contribution in [-0.2, 0) is 0 Å². The van der Waals surface area contributed by atoms with Gasteiger partial charge in [0.2, 0.25) is 0 Å². The zero-order valence-electron chi connectivity index (χ0n) is 11.8. The van der Waals surface area contributed by atoms with Crippen molar-refractivity contribution < 1.29 is 0 Å². The van der Waals surface area contributed by atoms with Crippen molar-refractivity contribution in [3.8, 4) is 0 Å². The van der Waals surface area contributed by atoms with Crippen LogP contribution >= 0.6 is 34.5 Å². The Morgan fingerprint density at radius 3 is 2.65 bits per heavy atom. The van der Waals surface area contributed by atoms with Crippen molar-refractivity contribution in [3.63, 3.8) is 0 Å². The van der Waals surface area contributed by atoms with Gasteiger partial charge in [-0.05, 0) is 24.1 Å². The smallest absolute Gasteiger partial charge is 0.114 e. The summed E-state index contributed by atoms with van der Waals surface area (Å²) in [5.41, 5.74) is 2.09. The van der Waals surface area contributed by atoms with Gasteiger partial charge in [-0.15, -0.1) is 11.3 Å². The molecule has 0 radical (unpaired) electrons. The highest BCUT2D eigenvalue weighted by molar-refractivity contribution is 7.09. The molecule has 1 aromatic heterocycles. The molecule has 0 bridgehead atoms. The van der Waals surface area contributed by atoms with Crippen molar-refractivity contribution in [2.45, 2.75) is 32.7 Å². The van der Waals surface area contributed by atoms with Gasteiger partial charge in [-0.25, -0.2) is 4.98 Å². The molecule has 5 heteroatoms. The molecule has 0 aliphatic carbocycles. The van der Waals surface area contributed by atoms with Crippen LogP contribution in [0.2, 0.25) is 10.0 Å². The molecule has 2 rings (SSSR count). The number of nitrogens with zero attached hydrogens (tertiary/aromatic N) is 1. The molecule has 0 saturated heterocycles. The molecule has 1 heterocycles. The minimum absolute atomic E-state index is 0.0105. The maximum absolute atomic E-state index is 6.35. The summed E-state index contributed by atoms with van der Waals surface area (Å²) < 4.78 is 0. The van der Waals surface area contributed by atoms with E-state index in [0.29, 0.717) is 16.0 Å². The molecule has 0 aliphatic rings. The van der Waals surface area contributed by atoms with Gasteiger partial charge in [0.15, 0.2) is 0 Å². The third kappa shape index (κ3) is 3.34. The Kier molecular flexibility index (Phi) is 5.44. The Bertz CT molecular complexity index is 581. The number of hydrogen-bond acceptors (Lipinski definition) is 3. The van der Waals surface area contributed by atoms with Gasteiger partial charge >= 0.3 is 0 Å². The molecule has 1 aromatic carbocycles. The van der Waals surface area contributed by atoms with Gasteiger partial charge < -0.3 is 5.32 Å². The molecule has 1 atom stereocenters. The zero-order chi connectivity index (χ0) is 14.7. The van der Waals surface area contributed by atoms with E-state index in [1.165, 1.54) is 0 Å². The first-order valence-corrected chi connectivity index (χ1v) is 8.30. The zero-order valence-corrected chi connectivity index (χ0v) is 14.1. The van der Waals surface area contributed by atoms with Crippen molar-refractivity contribution in [1.82, 2.24) is 10.3 Å². The third-order valence-corrected chi connectivity index (χ3v) is 4.84. The van der Waals surface area contributed by atoms with Crippen LogP contribution in [0.1, 0.15) is 49.0 Å². The van der Waals surface area contributed by atoms with E-state index in [1.54, 1.807) is 17.4 Å². The quantitative estimate of drug-likeness (QED) is 0.808. The summed E-state index contributed by atoms with van der Waals surface area (Å²) in [6, 6.07) is 5.71. The van der Waals surface area contributed by atoms with Crippen LogP contribution in [0.4, 0.5) is 0 Å². The lowest BCUT2D eigenvalue weighted by atomic mass is 10.1. The van der Waals surface area contributed by atoms with Crippen LogP contribution in [0.15, 0.2) is 23.6 Å². The van der Waals surface area contributed by atoms with Crippen molar-refractivity contribution in [2.75, 3.05) is 6.54 Å². The number of thiazole rings is 1. The first kappa shape index (κ1) is 15.8. The molecule has 108 valence electrons. The molecule has 1 unspecified atom stereocenters. The standard InChI is InChI=1S/C15H18Cl2N2S/c1-4-18-14(10-6-5-7-11(16)13(10)17)15-19-12(8-20-15)9(2)3/h5-9,14,18H,4H2,1-3H3. The van der Waals surface area contributed by atoms with Gasteiger partial charge in [-0.3, -0.25) is 0 Å². The minimum Gasteiger partial charge on any atom is -0.304 e. The van der Waals surface area contributed by atoms with Crippen molar-refractivity contribution in [3.05, 3.63) is 49.9 Å². The van der Waals surface area contributed by atoms with Crippen LogP contribution in [0.3, 0.4) is 0 Å². The summed E-state index contributed by atoms with van der Waals surface area (Å²) in [6.45, 7) is 7.20. The van der Waals surface area contributed by atoms with E-state index in [9.17, 15) is 0 Å². The van der Waals surface area contributed by atoms with E-state index >= 15 is 0 Å². The van der Waals surface area contributed by atoms with Crippen molar-refractivity contribution in [2.24, 2.45) is 0 Å². The molecule has 0 amide bonds. The van der Waals surface area contributed by atoms with Crippen LogP contribution < -0.4 is 5.32 Å². The van der Waals surface area contributed by atoms with Crippen LogP contribution in [0.25, 0.3) is 0 Å². The lowest BCUT2D eigenvalue weighted by Crippen LogP contribution is -2.22. The number of halogens is 2. The monoisotopic (exact) mass is 328 g/mol. The van der Waals surface area contributed by atoms with Crippen LogP contribution in [0, 0.1) is 0 Å². The van der Waals surface area contributed by atoms with E-state index in [4.69, 9.17) is 28.2 Å². The lowest BCUT2D eigenvalue weighted by molar-refractivity contribution is 0.623. The molecular weight excluding hydrogens is 311 g/mol. The maximum atomic E-state index is 6.35. The molecule has 2 aromatic rings. The van der Waals surface area contributed by atoms with Crippen LogP contribution in [-0.4, -0.2) is 11.5 Å². The summed E-state index contributed by atoms with van der Waals surface area (Å²) in [5.74, 6) is 0.428. The van der Waals surface area contributed by atoms with E-state index in [1.807, 2.05) is 12.1 Å². The first-order valence-electron chi connectivity index (χ1n) is 6.67.